The first-order chi connectivity index (χ1) is 7.63. The zero-order valence-electron chi connectivity index (χ0n) is 9.59. The van der Waals surface area contributed by atoms with E-state index in [1.165, 1.54) is 0 Å². The summed E-state index contributed by atoms with van der Waals surface area (Å²) in [7, 11) is 0. The standard InChI is InChI=1S/C13H16FNO/c1-3-15-9-13(2,14)11-4-5-12-10(8-11)6-7-16-12/h4-8,15H,3,9H2,1-2H3. The molecule has 2 rings (SSSR count). The van der Waals surface area contributed by atoms with E-state index in [4.69, 9.17) is 4.42 Å². The Morgan fingerprint density at radius 2 is 2.19 bits per heavy atom. The van der Waals surface area contributed by atoms with E-state index in [1.54, 1.807) is 19.3 Å². The van der Waals surface area contributed by atoms with Crippen molar-refractivity contribution in [1.29, 1.82) is 0 Å². The summed E-state index contributed by atoms with van der Waals surface area (Å²) in [5.74, 6) is 0. The van der Waals surface area contributed by atoms with Gasteiger partial charge in [-0.2, -0.15) is 0 Å². The highest BCUT2D eigenvalue weighted by Crippen LogP contribution is 2.28. The van der Waals surface area contributed by atoms with Gasteiger partial charge in [0.15, 0.2) is 0 Å². The van der Waals surface area contributed by atoms with E-state index in [0.717, 1.165) is 17.5 Å². The van der Waals surface area contributed by atoms with Crippen molar-refractivity contribution in [2.24, 2.45) is 0 Å². The normalized spacial score (nSPS) is 15.2. The molecule has 2 nitrogen and oxygen atoms in total. The molecule has 86 valence electrons. The lowest BCUT2D eigenvalue weighted by atomic mass is 9.97. The second-order valence-electron chi connectivity index (χ2n) is 4.15. The molecule has 3 heteroatoms. The van der Waals surface area contributed by atoms with Gasteiger partial charge in [0, 0.05) is 11.9 Å². The van der Waals surface area contributed by atoms with Crippen molar-refractivity contribution in [2.45, 2.75) is 19.5 Å². The molecule has 0 aliphatic heterocycles. The van der Waals surface area contributed by atoms with E-state index in [0.29, 0.717) is 12.1 Å². The second-order valence-corrected chi connectivity index (χ2v) is 4.15. The Balaban J connectivity index is 2.30. The number of hydrogen-bond donors (Lipinski definition) is 1. The Hall–Kier alpha value is -1.35. The van der Waals surface area contributed by atoms with Crippen LogP contribution in [-0.2, 0) is 5.67 Å². The summed E-state index contributed by atoms with van der Waals surface area (Å²) in [5, 5.41) is 3.97. The number of alkyl halides is 1. The number of benzene rings is 1. The average Bonchev–Trinajstić information content (AvgIpc) is 2.73. The molecule has 0 aliphatic rings. The minimum Gasteiger partial charge on any atom is -0.464 e. The van der Waals surface area contributed by atoms with Crippen LogP contribution in [0.15, 0.2) is 34.9 Å². The molecule has 1 unspecified atom stereocenters. The summed E-state index contributed by atoms with van der Waals surface area (Å²) < 4.78 is 19.6. The molecule has 0 aliphatic carbocycles. The molecule has 0 bridgehead atoms. The van der Waals surface area contributed by atoms with Gasteiger partial charge in [-0.3, -0.25) is 0 Å². The van der Waals surface area contributed by atoms with Gasteiger partial charge in [0.1, 0.15) is 11.3 Å². The second kappa shape index (κ2) is 4.26. The fourth-order valence-corrected chi connectivity index (χ4v) is 1.75. The molecule has 1 aromatic carbocycles. The summed E-state index contributed by atoms with van der Waals surface area (Å²) in [5.41, 5.74) is 0.131. The number of nitrogens with one attached hydrogen (secondary N) is 1. The lowest BCUT2D eigenvalue weighted by Crippen LogP contribution is -2.31. The lowest BCUT2D eigenvalue weighted by molar-refractivity contribution is 0.188. The number of likely N-dealkylation sites (N-methyl/N-ethyl adjacent to an activating group) is 1. The Morgan fingerprint density at radius 3 is 2.94 bits per heavy atom. The van der Waals surface area contributed by atoms with Crippen LogP contribution in [0.1, 0.15) is 19.4 Å². The Labute approximate surface area is 94.4 Å². The van der Waals surface area contributed by atoms with E-state index in [1.807, 2.05) is 25.1 Å². The smallest absolute Gasteiger partial charge is 0.145 e. The number of rotatable bonds is 4. The Kier molecular flexibility index (Phi) is 2.97. The molecule has 0 amide bonds. The van der Waals surface area contributed by atoms with Crippen LogP contribution in [0.4, 0.5) is 4.39 Å². The van der Waals surface area contributed by atoms with Crippen LogP contribution in [0, 0.1) is 0 Å². The van der Waals surface area contributed by atoms with E-state index >= 15 is 0 Å². The summed E-state index contributed by atoms with van der Waals surface area (Å²) in [6, 6.07) is 7.29. The summed E-state index contributed by atoms with van der Waals surface area (Å²) >= 11 is 0. The van der Waals surface area contributed by atoms with Gasteiger partial charge in [0.25, 0.3) is 0 Å². The van der Waals surface area contributed by atoms with Gasteiger partial charge in [-0.05, 0) is 37.2 Å². The number of hydrogen-bond acceptors (Lipinski definition) is 2. The maximum Gasteiger partial charge on any atom is 0.145 e. The van der Waals surface area contributed by atoms with Crippen molar-refractivity contribution in [3.63, 3.8) is 0 Å². The fraction of sp³-hybridized carbons (Fsp3) is 0.385. The monoisotopic (exact) mass is 221 g/mol. The highest BCUT2D eigenvalue weighted by atomic mass is 19.1. The molecule has 0 fully saturated rings. The zero-order chi connectivity index (χ0) is 11.6. The van der Waals surface area contributed by atoms with Crippen LogP contribution in [0.5, 0.6) is 0 Å². The van der Waals surface area contributed by atoms with Gasteiger partial charge in [-0.25, -0.2) is 4.39 Å². The van der Waals surface area contributed by atoms with E-state index in [-0.39, 0.29) is 0 Å². The van der Waals surface area contributed by atoms with Crippen LogP contribution in [0.3, 0.4) is 0 Å². The zero-order valence-corrected chi connectivity index (χ0v) is 9.59. The molecule has 0 saturated carbocycles. The molecule has 1 aromatic heterocycles. The molecule has 1 N–H and O–H groups in total. The minimum absolute atomic E-state index is 0.326. The summed E-state index contributed by atoms with van der Waals surface area (Å²) in [6.45, 7) is 4.66. The van der Waals surface area contributed by atoms with Gasteiger partial charge >= 0.3 is 0 Å². The van der Waals surface area contributed by atoms with Crippen LogP contribution < -0.4 is 5.32 Å². The summed E-state index contributed by atoms with van der Waals surface area (Å²) in [6.07, 6.45) is 1.62. The molecule has 16 heavy (non-hydrogen) atoms. The number of fused-ring (bicyclic) bond motifs is 1. The first-order valence-corrected chi connectivity index (χ1v) is 5.51. The topological polar surface area (TPSA) is 25.2 Å². The third kappa shape index (κ3) is 2.09. The van der Waals surface area contributed by atoms with Gasteiger partial charge in [-0.15, -0.1) is 0 Å². The minimum atomic E-state index is -1.35. The van der Waals surface area contributed by atoms with Crippen molar-refractivity contribution in [2.75, 3.05) is 13.1 Å². The molecular formula is C13H16FNO. The highest BCUT2D eigenvalue weighted by Gasteiger charge is 2.25. The maximum atomic E-state index is 14.4. The molecule has 1 heterocycles. The summed E-state index contributed by atoms with van der Waals surface area (Å²) in [4.78, 5) is 0. The molecule has 1 atom stereocenters. The van der Waals surface area contributed by atoms with Gasteiger partial charge in [-0.1, -0.05) is 13.0 Å². The molecular weight excluding hydrogens is 205 g/mol. The maximum absolute atomic E-state index is 14.4. The highest BCUT2D eigenvalue weighted by molar-refractivity contribution is 5.77. The lowest BCUT2D eigenvalue weighted by Gasteiger charge is -2.21. The van der Waals surface area contributed by atoms with Crippen molar-refractivity contribution >= 4 is 11.0 Å². The van der Waals surface area contributed by atoms with Crippen molar-refractivity contribution in [1.82, 2.24) is 5.32 Å². The van der Waals surface area contributed by atoms with Crippen LogP contribution in [0.25, 0.3) is 11.0 Å². The van der Waals surface area contributed by atoms with Gasteiger partial charge in [0.2, 0.25) is 0 Å². The van der Waals surface area contributed by atoms with Crippen molar-refractivity contribution in [3.05, 3.63) is 36.1 Å². The van der Waals surface area contributed by atoms with Gasteiger partial charge in [0.05, 0.1) is 6.26 Å². The van der Waals surface area contributed by atoms with Crippen LogP contribution in [0.2, 0.25) is 0 Å². The Bertz CT molecular complexity index is 475. The third-order valence-corrected chi connectivity index (χ3v) is 2.76. The average molecular weight is 221 g/mol. The third-order valence-electron chi connectivity index (χ3n) is 2.76. The fourth-order valence-electron chi connectivity index (χ4n) is 1.75. The van der Waals surface area contributed by atoms with Crippen LogP contribution in [-0.4, -0.2) is 13.1 Å². The molecule has 0 saturated heterocycles. The first kappa shape index (κ1) is 11.1. The largest absolute Gasteiger partial charge is 0.464 e. The van der Waals surface area contributed by atoms with E-state index in [2.05, 4.69) is 5.32 Å². The van der Waals surface area contributed by atoms with Crippen LogP contribution >= 0.6 is 0 Å². The van der Waals surface area contributed by atoms with E-state index < -0.39 is 5.67 Å². The van der Waals surface area contributed by atoms with Gasteiger partial charge < -0.3 is 9.73 Å². The quantitative estimate of drug-likeness (QED) is 0.857. The first-order valence-electron chi connectivity index (χ1n) is 5.51. The number of halogens is 1. The SMILES string of the molecule is CCNCC(C)(F)c1ccc2occc2c1. The predicted octanol–water partition coefficient (Wildman–Crippen LogP) is 3.23. The molecule has 2 aromatic rings. The van der Waals surface area contributed by atoms with Crippen molar-refractivity contribution in [3.8, 4) is 0 Å². The Morgan fingerprint density at radius 1 is 1.38 bits per heavy atom. The van der Waals surface area contributed by atoms with Crippen molar-refractivity contribution < 1.29 is 8.81 Å². The number of furan rings is 1. The molecule has 0 radical (unpaired) electrons. The molecule has 0 spiro atoms. The predicted molar refractivity (Wildman–Crippen MR) is 63.2 cm³/mol. The van der Waals surface area contributed by atoms with E-state index in [9.17, 15) is 4.39 Å².